The second kappa shape index (κ2) is 8.60. The standard InChI is InChI=1S/C12H15N5O2S.ClH/c1-17-12(14-15-16-17)20-7-6-13-8-9-4-2-3-5-10(9)11(18)19;/h2-5,13H,6-8H2,1H3,(H,18,19);1H. The van der Waals surface area contributed by atoms with Crippen LogP contribution in [0.15, 0.2) is 29.4 Å². The summed E-state index contributed by atoms with van der Waals surface area (Å²) in [6.45, 7) is 1.27. The van der Waals surface area contributed by atoms with E-state index in [2.05, 4.69) is 20.8 Å². The van der Waals surface area contributed by atoms with Crippen molar-refractivity contribution in [3.05, 3.63) is 35.4 Å². The minimum atomic E-state index is -0.901. The van der Waals surface area contributed by atoms with E-state index in [4.69, 9.17) is 5.11 Å². The molecule has 0 spiro atoms. The molecule has 0 amide bonds. The predicted octanol–water partition coefficient (Wildman–Crippen LogP) is 1.21. The number of carbonyl (C=O) groups is 1. The number of aromatic nitrogens is 4. The van der Waals surface area contributed by atoms with Gasteiger partial charge in [-0.3, -0.25) is 0 Å². The molecule has 114 valence electrons. The van der Waals surface area contributed by atoms with Gasteiger partial charge in [0.1, 0.15) is 0 Å². The number of halogens is 1. The van der Waals surface area contributed by atoms with Crippen LogP contribution in [0.1, 0.15) is 15.9 Å². The number of aryl methyl sites for hydroxylation is 1. The predicted molar refractivity (Wildman–Crippen MR) is 81.9 cm³/mol. The summed E-state index contributed by atoms with van der Waals surface area (Å²) in [5.74, 6) is -0.0920. The largest absolute Gasteiger partial charge is 0.478 e. The highest BCUT2D eigenvalue weighted by Gasteiger charge is 2.08. The first-order valence-electron chi connectivity index (χ1n) is 6.05. The van der Waals surface area contributed by atoms with Gasteiger partial charge in [0, 0.05) is 25.9 Å². The highest BCUT2D eigenvalue weighted by atomic mass is 35.5. The van der Waals surface area contributed by atoms with Crippen molar-refractivity contribution in [2.45, 2.75) is 11.7 Å². The number of hydrogen-bond acceptors (Lipinski definition) is 6. The van der Waals surface area contributed by atoms with Crippen molar-refractivity contribution in [3.63, 3.8) is 0 Å². The van der Waals surface area contributed by atoms with Gasteiger partial charge < -0.3 is 10.4 Å². The number of tetrazole rings is 1. The van der Waals surface area contributed by atoms with Gasteiger partial charge in [0.25, 0.3) is 0 Å². The first kappa shape index (κ1) is 17.4. The quantitative estimate of drug-likeness (QED) is 0.582. The molecule has 1 aromatic heterocycles. The van der Waals surface area contributed by atoms with Crippen LogP contribution in [-0.2, 0) is 13.6 Å². The lowest BCUT2D eigenvalue weighted by molar-refractivity contribution is 0.0695. The van der Waals surface area contributed by atoms with Gasteiger partial charge in [0.2, 0.25) is 5.16 Å². The SMILES string of the molecule is Cl.Cn1nnnc1SCCNCc1ccccc1C(=O)O. The van der Waals surface area contributed by atoms with Gasteiger partial charge in [0.15, 0.2) is 0 Å². The van der Waals surface area contributed by atoms with E-state index in [0.717, 1.165) is 23.0 Å². The van der Waals surface area contributed by atoms with E-state index >= 15 is 0 Å². The monoisotopic (exact) mass is 329 g/mol. The molecular formula is C12H16ClN5O2S. The van der Waals surface area contributed by atoms with Crippen LogP contribution in [0.4, 0.5) is 0 Å². The van der Waals surface area contributed by atoms with Crippen LogP contribution in [0.3, 0.4) is 0 Å². The Bertz CT molecular complexity index is 593. The lowest BCUT2D eigenvalue weighted by Gasteiger charge is -2.07. The highest BCUT2D eigenvalue weighted by molar-refractivity contribution is 7.99. The Morgan fingerprint density at radius 1 is 1.43 bits per heavy atom. The van der Waals surface area contributed by atoms with Crippen molar-refractivity contribution >= 4 is 30.1 Å². The minimum absolute atomic E-state index is 0. The number of thioether (sulfide) groups is 1. The van der Waals surface area contributed by atoms with E-state index in [-0.39, 0.29) is 12.4 Å². The molecule has 0 radical (unpaired) electrons. The summed E-state index contributed by atoms with van der Waals surface area (Å²) in [5, 5.41) is 24.2. The molecule has 1 aromatic carbocycles. The molecule has 0 saturated carbocycles. The molecule has 0 aliphatic rings. The number of benzene rings is 1. The Balaban J connectivity index is 0.00000220. The summed E-state index contributed by atoms with van der Waals surface area (Å²) in [4.78, 5) is 11.0. The second-order valence-corrected chi connectivity index (χ2v) is 5.13. The Kier molecular flexibility index (Phi) is 7.13. The zero-order valence-electron chi connectivity index (χ0n) is 11.4. The van der Waals surface area contributed by atoms with Gasteiger partial charge in [0.05, 0.1) is 5.56 Å². The van der Waals surface area contributed by atoms with Gasteiger partial charge in [-0.1, -0.05) is 30.0 Å². The lowest BCUT2D eigenvalue weighted by Crippen LogP contribution is -2.18. The molecule has 9 heteroatoms. The number of carboxylic acids is 1. The van der Waals surface area contributed by atoms with Crippen molar-refractivity contribution in [1.82, 2.24) is 25.5 Å². The zero-order valence-corrected chi connectivity index (χ0v) is 13.0. The smallest absolute Gasteiger partial charge is 0.336 e. The minimum Gasteiger partial charge on any atom is -0.478 e. The maximum absolute atomic E-state index is 11.0. The Labute approximate surface area is 132 Å². The summed E-state index contributed by atoms with van der Waals surface area (Å²) in [6.07, 6.45) is 0. The summed E-state index contributed by atoms with van der Waals surface area (Å²) in [7, 11) is 1.79. The summed E-state index contributed by atoms with van der Waals surface area (Å²) in [5.41, 5.74) is 1.12. The van der Waals surface area contributed by atoms with Crippen LogP contribution in [0.2, 0.25) is 0 Å². The number of nitrogens with zero attached hydrogens (tertiary/aromatic N) is 4. The molecule has 2 N–H and O–H groups in total. The summed E-state index contributed by atoms with van der Waals surface area (Å²) in [6, 6.07) is 6.99. The average molecular weight is 330 g/mol. The van der Waals surface area contributed by atoms with Gasteiger partial charge >= 0.3 is 5.97 Å². The van der Waals surface area contributed by atoms with Crippen LogP contribution < -0.4 is 5.32 Å². The molecule has 7 nitrogen and oxygen atoms in total. The van der Waals surface area contributed by atoms with Crippen molar-refractivity contribution in [2.24, 2.45) is 7.05 Å². The van der Waals surface area contributed by atoms with Crippen LogP contribution in [0, 0.1) is 0 Å². The third kappa shape index (κ3) is 5.00. The van der Waals surface area contributed by atoms with Gasteiger partial charge in [-0.15, -0.1) is 17.5 Å². The van der Waals surface area contributed by atoms with Gasteiger partial charge in [-0.2, -0.15) is 0 Å². The third-order valence-electron chi connectivity index (χ3n) is 2.65. The molecule has 0 aliphatic carbocycles. The molecule has 1 heterocycles. The van der Waals surface area contributed by atoms with Crippen LogP contribution in [0.5, 0.6) is 0 Å². The second-order valence-electron chi connectivity index (χ2n) is 4.07. The highest BCUT2D eigenvalue weighted by Crippen LogP contribution is 2.11. The lowest BCUT2D eigenvalue weighted by atomic mass is 10.1. The molecule has 0 fully saturated rings. The van der Waals surface area contributed by atoms with E-state index in [1.807, 2.05) is 12.1 Å². The van der Waals surface area contributed by atoms with Crippen molar-refractivity contribution in [2.75, 3.05) is 12.3 Å². The van der Waals surface area contributed by atoms with E-state index in [1.165, 1.54) is 0 Å². The van der Waals surface area contributed by atoms with Crippen LogP contribution in [0.25, 0.3) is 0 Å². The van der Waals surface area contributed by atoms with Crippen LogP contribution >= 0.6 is 24.2 Å². The van der Waals surface area contributed by atoms with E-state index in [9.17, 15) is 4.79 Å². The topological polar surface area (TPSA) is 92.9 Å². The number of rotatable bonds is 7. The maximum atomic E-state index is 11.0. The van der Waals surface area contributed by atoms with Crippen molar-refractivity contribution < 1.29 is 9.90 Å². The first-order valence-corrected chi connectivity index (χ1v) is 7.04. The Morgan fingerprint density at radius 3 is 2.86 bits per heavy atom. The fourth-order valence-corrected chi connectivity index (χ4v) is 2.41. The first-order chi connectivity index (χ1) is 9.68. The Morgan fingerprint density at radius 2 is 2.19 bits per heavy atom. The van der Waals surface area contributed by atoms with E-state index in [0.29, 0.717) is 12.1 Å². The maximum Gasteiger partial charge on any atom is 0.336 e. The molecule has 0 unspecified atom stereocenters. The van der Waals surface area contributed by atoms with Gasteiger partial charge in [-0.05, 0) is 22.1 Å². The zero-order chi connectivity index (χ0) is 14.4. The van der Waals surface area contributed by atoms with Crippen LogP contribution in [-0.4, -0.2) is 43.6 Å². The number of hydrogen-bond donors (Lipinski definition) is 2. The molecule has 0 saturated heterocycles. The van der Waals surface area contributed by atoms with Crippen molar-refractivity contribution in [3.8, 4) is 0 Å². The summed E-state index contributed by atoms with van der Waals surface area (Å²) < 4.78 is 1.62. The Hall–Kier alpha value is -1.64. The third-order valence-corrected chi connectivity index (χ3v) is 3.67. The fraction of sp³-hybridized carbons (Fsp3) is 0.333. The molecule has 0 atom stereocenters. The fourth-order valence-electron chi connectivity index (χ4n) is 1.66. The molecule has 0 aliphatic heterocycles. The normalized spacial score (nSPS) is 10.1. The average Bonchev–Trinajstić information content (AvgIpc) is 2.84. The van der Waals surface area contributed by atoms with Crippen molar-refractivity contribution in [1.29, 1.82) is 0 Å². The number of aromatic carboxylic acids is 1. The summed E-state index contributed by atoms with van der Waals surface area (Å²) >= 11 is 1.55. The molecule has 0 bridgehead atoms. The number of carboxylic acid groups (broad SMARTS) is 1. The van der Waals surface area contributed by atoms with E-state index in [1.54, 1.807) is 35.6 Å². The van der Waals surface area contributed by atoms with Gasteiger partial charge in [-0.25, -0.2) is 9.48 Å². The molecular weight excluding hydrogens is 314 g/mol. The van der Waals surface area contributed by atoms with E-state index < -0.39 is 5.97 Å². The molecule has 2 aromatic rings. The molecule has 2 rings (SSSR count). The number of nitrogens with one attached hydrogen (secondary N) is 1. The molecule has 21 heavy (non-hydrogen) atoms.